The molecule has 1 rings (SSSR count). The van der Waals surface area contributed by atoms with Crippen LogP contribution in [0.2, 0.25) is 0 Å². The van der Waals surface area contributed by atoms with Gasteiger partial charge in [-0.1, -0.05) is 37.3 Å². The summed E-state index contributed by atoms with van der Waals surface area (Å²) in [5.74, 6) is -0.725. The van der Waals surface area contributed by atoms with E-state index in [0.717, 1.165) is 0 Å². The lowest BCUT2D eigenvalue weighted by Gasteiger charge is -2.29. The SMILES string of the molecule is CC(=O)NCCN(CC(C)c1ccccc1)C(C)C(=O)O. The highest BCUT2D eigenvalue weighted by atomic mass is 16.4. The van der Waals surface area contributed by atoms with Crippen LogP contribution in [0.1, 0.15) is 32.3 Å². The van der Waals surface area contributed by atoms with E-state index in [-0.39, 0.29) is 11.8 Å². The summed E-state index contributed by atoms with van der Waals surface area (Å²) in [6.45, 7) is 6.82. The molecule has 1 aromatic carbocycles. The summed E-state index contributed by atoms with van der Waals surface area (Å²) < 4.78 is 0. The lowest BCUT2D eigenvalue weighted by molar-refractivity contribution is -0.142. The molecule has 2 N–H and O–H groups in total. The van der Waals surface area contributed by atoms with Gasteiger partial charge in [-0.3, -0.25) is 14.5 Å². The maximum absolute atomic E-state index is 11.2. The van der Waals surface area contributed by atoms with E-state index in [0.29, 0.717) is 19.6 Å². The van der Waals surface area contributed by atoms with E-state index in [2.05, 4.69) is 12.2 Å². The van der Waals surface area contributed by atoms with Gasteiger partial charge in [0, 0.05) is 26.6 Å². The minimum Gasteiger partial charge on any atom is -0.480 e. The molecule has 1 aromatic rings. The van der Waals surface area contributed by atoms with Crippen molar-refractivity contribution in [1.29, 1.82) is 0 Å². The molecule has 2 atom stereocenters. The van der Waals surface area contributed by atoms with Gasteiger partial charge in [0.25, 0.3) is 0 Å². The molecule has 0 aliphatic carbocycles. The van der Waals surface area contributed by atoms with Crippen molar-refractivity contribution < 1.29 is 14.7 Å². The second kappa shape index (κ2) is 8.42. The van der Waals surface area contributed by atoms with Gasteiger partial charge in [-0.05, 0) is 18.4 Å². The Bertz CT molecular complexity index is 462. The number of carbonyl (C=O) groups excluding carboxylic acids is 1. The van der Waals surface area contributed by atoms with Crippen molar-refractivity contribution in [3.63, 3.8) is 0 Å². The minimum atomic E-state index is -0.849. The van der Waals surface area contributed by atoms with Gasteiger partial charge in [-0.2, -0.15) is 0 Å². The van der Waals surface area contributed by atoms with Crippen LogP contribution in [0.5, 0.6) is 0 Å². The van der Waals surface area contributed by atoms with Gasteiger partial charge in [0.15, 0.2) is 0 Å². The predicted molar refractivity (Wildman–Crippen MR) is 82.2 cm³/mol. The van der Waals surface area contributed by atoms with Crippen molar-refractivity contribution in [3.05, 3.63) is 35.9 Å². The van der Waals surface area contributed by atoms with Crippen LogP contribution in [0.15, 0.2) is 30.3 Å². The Kier molecular flexibility index (Phi) is 6.88. The maximum Gasteiger partial charge on any atom is 0.320 e. The summed E-state index contributed by atoms with van der Waals surface area (Å²) in [7, 11) is 0. The highest BCUT2D eigenvalue weighted by Gasteiger charge is 2.22. The van der Waals surface area contributed by atoms with Crippen LogP contribution in [0.3, 0.4) is 0 Å². The summed E-state index contributed by atoms with van der Waals surface area (Å²) >= 11 is 0. The van der Waals surface area contributed by atoms with Gasteiger partial charge in [-0.25, -0.2) is 0 Å². The number of nitrogens with zero attached hydrogens (tertiary/aromatic N) is 1. The zero-order chi connectivity index (χ0) is 15.8. The van der Waals surface area contributed by atoms with Crippen LogP contribution >= 0.6 is 0 Å². The summed E-state index contributed by atoms with van der Waals surface area (Å²) in [6, 6.07) is 9.43. The molecule has 5 heteroatoms. The number of carboxylic acid groups (broad SMARTS) is 1. The van der Waals surface area contributed by atoms with Gasteiger partial charge >= 0.3 is 5.97 Å². The molecule has 0 spiro atoms. The summed E-state index contributed by atoms with van der Waals surface area (Å²) in [5, 5.41) is 11.9. The van der Waals surface area contributed by atoms with Crippen molar-refractivity contribution in [3.8, 4) is 0 Å². The number of benzene rings is 1. The molecule has 0 aliphatic heterocycles. The molecule has 0 bridgehead atoms. The molecule has 1 amide bonds. The van der Waals surface area contributed by atoms with Gasteiger partial charge < -0.3 is 10.4 Å². The van der Waals surface area contributed by atoms with E-state index in [1.54, 1.807) is 6.92 Å². The smallest absolute Gasteiger partial charge is 0.320 e. The number of aliphatic carboxylic acids is 1. The average molecular weight is 292 g/mol. The van der Waals surface area contributed by atoms with Crippen molar-refractivity contribution in [2.75, 3.05) is 19.6 Å². The lowest BCUT2D eigenvalue weighted by Crippen LogP contribution is -2.44. The first-order valence-electron chi connectivity index (χ1n) is 7.18. The fourth-order valence-electron chi connectivity index (χ4n) is 2.21. The topological polar surface area (TPSA) is 69.6 Å². The summed E-state index contributed by atoms with van der Waals surface area (Å²) in [4.78, 5) is 24.0. The largest absolute Gasteiger partial charge is 0.480 e. The number of hydrogen-bond acceptors (Lipinski definition) is 3. The van der Waals surface area contributed by atoms with Gasteiger partial charge in [0.1, 0.15) is 6.04 Å². The van der Waals surface area contributed by atoms with Crippen LogP contribution in [0.25, 0.3) is 0 Å². The van der Waals surface area contributed by atoms with E-state index < -0.39 is 12.0 Å². The highest BCUT2D eigenvalue weighted by Crippen LogP contribution is 2.17. The van der Waals surface area contributed by atoms with Gasteiger partial charge in [-0.15, -0.1) is 0 Å². The van der Waals surface area contributed by atoms with Crippen molar-refractivity contribution in [1.82, 2.24) is 10.2 Å². The molecule has 116 valence electrons. The van der Waals surface area contributed by atoms with Gasteiger partial charge in [0.2, 0.25) is 5.91 Å². The normalized spacial score (nSPS) is 13.7. The Hall–Kier alpha value is -1.88. The molecule has 0 aliphatic rings. The van der Waals surface area contributed by atoms with Crippen LogP contribution < -0.4 is 5.32 Å². The van der Waals surface area contributed by atoms with Crippen LogP contribution in [-0.4, -0.2) is 47.6 Å². The number of nitrogens with one attached hydrogen (secondary N) is 1. The second-order valence-electron chi connectivity index (χ2n) is 5.30. The third-order valence-electron chi connectivity index (χ3n) is 3.56. The number of rotatable bonds is 8. The molecule has 5 nitrogen and oxygen atoms in total. The quantitative estimate of drug-likeness (QED) is 0.765. The third kappa shape index (κ3) is 5.95. The molecule has 2 unspecified atom stereocenters. The van der Waals surface area contributed by atoms with E-state index >= 15 is 0 Å². The predicted octanol–water partition coefficient (Wildman–Crippen LogP) is 1.70. The zero-order valence-corrected chi connectivity index (χ0v) is 12.9. The Morgan fingerprint density at radius 1 is 1.24 bits per heavy atom. The third-order valence-corrected chi connectivity index (χ3v) is 3.56. The molecule has 0 aromatic heterocycles. The first-order valence-corrected chi connectivity index (χ1v) is 7.18. The number of carbonyl (C=O) groups is 2. The van der Waals surface area contributed by atoms with E-state index in [1.165, 1.54) is 12.5 Å². The highest BCUT2D eigenvalue weighted by molar-refractivity contribution is 5.73. The molecule has 21 heavy (non-hydrogen) atoms. The van der Waals surface area contributed by atoms with Crippen molar-refractivity contribution >= 4 is 11.9 Å². The first-order chi connectivity index (χ1) is 9.91. The molecule has 0 heterocycles. The fourth-order valence-corrected chi connectivity index (χ4v) is 2.21. The van der Waals surface area contributed by atoms with Gasteiger partial charge in [0.05, 0.1) is 0 Å². The van der Waals surface area contributed by atoms with Crippen molar-refractivity contribution in [2.24, 2.45) is 0 Å². The summed E-state index contributed by atoms with van der Waals surface area (Å²) in [6.07, 6.45) is 0. The van der Waals surface area contributed by atoms with E-state index in [4.69, 9.17) is 0 Å². The van der Waals surface area contributed by atoms with Crippen LogP contribution in [0, 0.1) is 0 Å². The monoisotopic (exact) mass is 292 g/mol. The number of amides is 1. The molecular weight excluding hydrogens is 268 g/mol. The second-order valence-corrected chi connectivity index (χ2v) is 5.30. The Morgan fingerprint density at radius 3 is 2.38 bits per heavy atom. The first kappa shape index (κ1) is 17.2. The van der Waals surface area contributed by atoms with Crippen LogP contribution in [-0.2, 0) is 9.59 Å². The summed E-state index contributed by atoms with van der Waals surface area (Å²) in [5.41, 5.74) is 1.18. The van der Waals surface area contributed by atoms with E-state index in [1.807, 2.05) is 35.2 Å². The fraction of sp³-hybridized carbons (Fsp3) is 0.500. The minimum absolute atomic E-state index is 0.103. The van der Waals surface area contributed by atoms with E-state index in [9.17, 15) is 14.7 Å². The number of carboxylic acids is 1. The molecule has 0 saturated heterocycles. The average Bonchev–Trinajstić information content (AvgIpc) is 2.45. The number of hydrogen-bond donors (Lipinski definition) is 2. The Labute approximate surface area is 126 Å². The van der Waals surface area contributed by atoms with Crippen LogP contribution in [0.4, 0.5) is 0 Å². The molecular formula is C16H24N2O3. The Morgan fingerprint density at radius 2 is 1.86 bits per heavy atom. The molecule has 0 radical (unpaired) electrons. The Balaban J connectivity index is 2.67. The maximum atomic E-state index is 11.2. The van der Waals surface area contributed by atoms with Crippen molar-refractivity contribution in [2.45, 2.75) is 32.7 Å². The zero-order valence-electron chi connectivity index (χ0n) is 12.9. The lowest BCUT2D eigenvalue weighted by atomic mass is 10.00. The molecule has 0 fully saturated rings. The standard InChI is InChI=1S/C16H24N2O3/c1-12(15-7-5-4-6-8-15)11-18(13(2)16(20)21)10-9-17-14(3)19/h4-8,12-13H,9-11H2,1-3H3,(H,17,19)(H,20,21). The molecule has 0 saturated carbocycles.